The van der Waals surface area contributed by atoms with E-state index in [1.54, 1.807) is 44.4 Å². The molecule has 34 heavy (non-hydrogen) atoms. The first-order valence-electron chi connectivity index (χ1n) is 11.4. The molecule has 2 aromatic rings. The number of rotatable bonds is 9. The molecule has 2 amide bonds. The minimum absolute atomic E-state index is 0.0406. The number of nitrogens with one attached hydrogen (secondary N) is 1. The fourth-order valence-corrected chi connectivity index (χ4v) is 3.92. The molecule has 182 valence electrons. The molecule has 0 unspecified atom stereocenters. The Morgan fingerprint density at radius 2 is 1.59 bits per heavy atom. The Morgan fingerprint density at radius 1 is 0.941 bits per heavy atom. The van der Waals surface area contributed by atoms with Gasteiger partial charge in [-0.25, -0.2) is 0 Å². The lowest BCUT2D eigenvalue weighted by molar-refractivity contribution is -0.127. The number of benzene rings is 2. The number of amides is 2. The molecule has 0 atom stereocenters. The summed E-state index contributed by atoms with van der Waals surface area (Å²) in [5.74, 6) is 1.58. The molecule has 1 saturated heterocycles. The number of aryl methyl sites for hydroxylation is 1. The van der Waals surface area contributed by atoms with Gasteiger partial charge >= 0.3 is 0 Å². The highest BCUT2D eigenvalue weighted by atomic mass is 16.5. The molecule has 8 nitrogen and oxygen atoms in total. The third-order valence-corrected chi connectivity index (χ3v) is 5.86. The molecule has 1 fully saturated rings. The Balaban J connectivity index is 1.54. The van der Waals surface area contributed by atoms with Crippen LogP contribution in [0.2, 0.25) is 0 Å². The van der Waals surface area contributed by atoms with E-state index < -0.39 is 0 Å². The Kier molecular flexibility index (Phi) is 8.93. The van der Waals surface area contributed by atoms with Crippen LogP contribution >= 0.6 is 0 Å². The van der Waals surface area contributed by atoms with Crippen molar-refractivity contribution in [1.82, 2.24) is 9.80 Å². The molecule has 1 N–H and O–H groups in total. The van der Waals surface area contributed by atoms with Crippen molar-refractivity contribution >= 4 is 23.6 Å². The second kappa shape index (κ2) is 12.1. The number of carbonyl (C=O) groups excluding carboxylic acids is 2. The Morgan fingerprint density at radius 3 is 2.24 bits per heavy atom. The quantitative estimate of drug-likeness (QED) is 0.571. The minimum atomic E-state index is -0.0854. The van der Waals surface area contributed by atoms with Crippen LogP contribution in [0.25, 0.3) is 6.08 Å². The van der Waals surface area contributed by atoms with E-state index in [4.69, 9.17) is 14.2 Å². The van der Waals surface area contributed by atoms with Crippen molar-refractivity contribution in [3.63, 3.8) is 0 Å². The number of hydrogen-bond acceptors (Lipinski definition) is 6. The van der Waals surface area contributed by atoms with E-state index in [2.05, 4.69) is 17.1 Å². The summed E-state index contributed by atoms with van der Waals surface area (Å²) in [6.07, 6.45) is 4.11. The van der Waals surface area contributed by atoms with Gasteiger partial charge in [0.2, 0.25) is 11.8 Å². The molecule has 0 radical (unpaired) electrons. The summed E-state index contributed by atoms with van der Waals surface area (Å²) < 4.78 is 16.1. The molecule has 1 heterocycles. The van der Waals surface area contributed by atoms with E-state index in [0.717, 1.165) is 23.2 Å². The number of anilines is 1. The standard InChI is InChI=1S/C26H33N3O5/c1-5-19-8-6-7-9-21(19)27-25(30)18-28-12-14-29(15-13-28)26(31)11-10-20-16-23(33-3)24(34-4)17-22(20)32-2/h6-11,16-17H,5,12-15,18H2,1-4H3,(H,27,30)/b11-10+. The Bertz CT molecular complexity index is 1030. The number of nitrogens with zero attached hydrogens (tertiary/aromatic N) is 2. The minimum Gasteiger partial charge on any atom is -0.496 e. The van der Waals surface area contributed by atoms with Crippen LogP contribution < -0.4 is 19.5 Å². The fourth-order valence-electron chi connectivity index (χ4n) is 3.92. The molecule has 1 aliphatic rings. The first kappa shape index (κ1) is 25.1. The molecule has 0 spiro atoms. The van der Waals surface area contributed by atoms with E-state index in [1.807, 2.05) is 24.3 Å². The van der Waals surface area contributed by atoms with Gasteiger partial charge < -0.3 is 24.4 Å². The number of methoxy groups -OCH3 is 3. The monoisotopic (exact) mass is 467 g/mol. The molecule has 0 bridgehead atoms. The summed E-state index contributed by atoms with van der Waals surface area (Å²) >= 11 is 0. The summed E-state index contributed by atoms with van der Waals surface area (Å²) in [4.78, 5) is 29.1. The lowest BCUT2D eigenvalue weighted by atomic mass is 10.1. The van der Waals surface area contributed by atoms with Crippen LogP contribution in [0, 0.1) is 0 Å². The zero-order chi connectivity index (χ0) is 24.5. The number of carbonyl (C=O) groups is 2. The normalized spacial score (nSPS) is 14.2. The third-order valence-electron chi connectivity index (χ3n) is 5.86. The van der Waals surface area contributed by atoms with Crippen molar-refractivity contribution < 1.29 is 23.8 Å². The number of hydrogen-bond donors (Lipinski definition) is 1. The maximum absolute atomic E-state index is 12.7. The summed E-state index contributed by atoms with van der Waals surface area (Å²) in [5.41, 5.74) is 2.69. The van der Waals surface area contributed by atoms with Gasteiger partial charge in [0, 0.05) is 49.6 Å². The van der Waals surface area contributed by atoms with E-state index >= 15 is 0 Å². The maximum atomic E-state index is 12.7. The van der Waals surface area contributed by atoms with E-state index in [0.29, 0.717) is 50.0 Å². The van der Waals surface area contributed by atoms with E-state index in [9.17, 15) is 9.59 Å². The topological polar surface area (TPSA) is 80.3 Å². The molecule has 1 aliphatic heterocycles. The van der Waals surface area contributed by atoms with Crippen molar-refractivity contribution in [1.29, 1.82) is 0 Å². The smallest absolute Gasteiger partial charge is 0.246 e. The summed E-state index contributed by atoms with van der Waals surface area (Å²) in [6.45, 7) is 4.77. The molecule has 0 aliphatic carbocycles. The Labute approximate surface area is 201 Å². The Hall–Kier alpha value is -3.52. The van der Waals surface area contributed by atoms with Gasteiger partial charge in [-0.05, 0) is 30.2 Å². The lowest BCUT2D eigenvalue weighted by Gasteiger charge is -2.33. The van der Waals surface area contributed by atoms with Crippen molar-refractivity contribution in [2.75, 3.05) is 59.4 Å². The van der Waals surface area contributed by atoms with E-state index in [1.165, 1.54) is 6.08 Å². The van der Waals surface area contributed by atoms with Crippen molar-refractivity contribution in [2.24, 2.45) is 0 Å². The highest BCUT2D eigenvalue weighted by molar-refractivity contribution is 5.93. The van der Waals surface area contributed by atoms with Crippen LogP contribution in [-0.4, -0.2) is 75.7 Å². The van der Waals surface area contributed by atoms with Crippen molar-refractivity contribution in [3.8, 4) is 17.2 Å². The summed E-state index contributed by atoms with van der Waals surface area (Å²) in [5, 5.41) is 3.01. The summed E-state index contributed by atoms with van der Waals surface area (Å²) in [7, 11) is 4.69. The maximum Gasteiger partial charge on any atom is 0.246 e. The van der Waals surface area contributed by atoms with Gasteiger partial charge in [0.15, 0.2) is 11.5 Å². The highest BCUT2D eigenvalue weighted by Gasteiger charge is 2.21. The van der Waals surface area contributed by atoms with E-state index in [-0.39, 0.29) is 11.8 Å². The molecular formula is C26H33N3O5. The van der Waals surface area contributed by atoms with Crippen LogP contribution in [0.5, 0.6) is 17.2 Å². The van der Waals surface area contributed by atoms with Gasteiger partial charge in [0.25, 0.3) is 0 Å². The second-order valence-electron chi connectivity index (χ2n) is 7.94. The largest absolute Gasteiger partial charge is 0.496 e. The average molecular weight is 468 g/mol. The van der Waals surface area contributed by atoms with Crippen molar-refractivity contribution in [2.45, 2.75) is 13.3 Å². The number of ether oxygens (including phenoxy) is 3. The first-order valence-corrected chi connectivity index (χ1v) is 11.4. The summed E-state index contributed by atoms with van der Waals surface area (Å²) in [6, 6.07) is 11.3. The molecule has 8 heteroatoms. The first-order chi connectivity index (χ1) is 16.5. The van der Waals surface area contributed by atoms with Crippen LogP contribution in [-0.2, 0) is 16.0 Å². The van der Waals surface area contributed by atoms with Gasteiger partial charge in [0.05, 0.1) is 27.9 Å². The molecule has 0 saturated carbocycles. The van der Waals surface area contributed by atoms with Crippen LogP contribution in [0.3, 0.4) is 0 Å². The number of para-hydroxylation sites is 1. The van der Waals surface area contributed by atoms with Crippen LogP contribution in [0.4, 0.5) is 5.69 Å². The third kappa shape index (κ3) is 6.29. The van der Waals surface area contributed by atoms with Gasteiger partial charge in [0.1, 0.15) is 5.75 Å². The zero-order valence-corrected chi connectivity index (χ0v) is 20.3. The SMILES string of the molecule is CCc1ccccc1NC(=O)CN1CCN(C(=O)/C=C/c2cc(OC)c(OC)cc2OC)CC1. The van der Waals surface area contributed by atoms with Crippen molar-refractivity contribution in [3.05, 3.63) is 53.6 Å². The highest BCUT2D eigenvalue weighted by Crippen LogP contribution is 2.35. The molecule has 0 aromatic heterocycles. The van der Waals surface area contributed by atoms with Gasteiger partial charge in [-0.15, -0.1) is 0 Å². The lowest BCUT2D eigenvalue weighted by Crippen LogP contribution is -2.50. The van der Waals surface area contributed by atoms with Crippen LogP contribution in [0.15, 0.2) is 42.5 Å². The predicted octanol–water partition coefficient (Wildman–Crippen LogP) is 3.07. The van der Waals surface area contributed by atoms with Gasteiger partial charge in [-0.2, -0.15) is 0 Å². The number of piperazine rings is 1. The molecule has 3 rings (SSSR count). The fraction of sp³-hybridized carbons (Fsp3) is 0.385. The van der Waals surface area contributed by atoms with Crippen LogP contribution in [0.1, 0.15) is 18.1 Å². The van der Waals surface area contributed by atoms with Gasteiger partial charge in [-0.3, -0.25) is 14.5 Å². The average Bonchev–Trinajstić information content (AvgIpc) is 2.87. The molecular weight excluding hydrogens is 434 g/mol. The molecule has 2 aromatic carbocycles. The zero-order valence-electron chi connectivity index (χ0n) is 20.3. The van der Waals surface area contributed by atoms with Gasteiger partial charge in [-0.1, -0.05) is 25.1 Å². The second-order valence-corrected chi connectivity index (χ2v) is 7.94. The predicted molar refractivity (Wildman–Crippen MR) is 133 cm³/mol.